The molecular formula is C23H27NO4S. The molecule has 0 fully saturated rings. The van der Waals surface area contributed by atoms with Crippen LogP contribution in [0.1, 0.15) is 48.6 Å². The van der Waals surface area contributed by atoms with Crippen molar-refractivity contribution in [2.45, 2.75) is 46.1 Å². The normalized spacial score (nSPS) is 11.7. The van der Waals surface area contributed by atoms with Gasteiger partial charge in [0.2, 0.25) is 5.78 Å². The molecule has 0 aliphatic carbocycles. The van der Waals surface area contributed by atoms with E-state index in [0.29, 0.717) is 32.0 Å². The maximum absolute atomic E-state index is 12.4. The molecule has 1 N–H and O–H groups in total. The summed E-state index contributed by atoms with van der Waals surface area (Å²) >= 11 is 1.48. The van der Waals surface area contributed by atoms with E-state index in [0.717, 1.165) is 21.9 Å². The third kappa shape index (κ3) is 9.03. The summed E-state index contributed by atoms with van der Waals surface area (Å²) in [6.45, 7) is 5.22. The van der Waals surface area contributed by atoms with Gasteiger partial charge in [-0.25, -0.2) is 4.98 Å². The number of ketones is 1. The first-order chi connectivity index (χ1) is 13.9. The van der Waals surface area contributed by atoms with Crippen molar-refractivity contribution in [3.05, 3.63) is 52.0 Å². The Labute approximate surface area is 176 Å². The minimum Gasteiger partial charge on any atom is -0.481 e. The second-order valence-corrected chi connectivity index (χ2v) is 8.42. The van der Waals surface area contributed by atoms with Crippen molar-refractivity contribution in [1.29, 1.82) is 0 Å². The predicted molar refractivity (Wildman–Crippen MR) is 114 cm³/mol. The zero-order valence-corrected chi connectivity index (χ0v) is 17.7. The standard InChI is InChI=1S/C23H27NO4S/c1-17(2)13-22-24-15-20(29-22)10-11-21(25)19(14-23(26)27)9-6-12-28-16-18-7-4-3-5-8-18/h3-5,7-8,15,17,19H,6,9,12-14,16H2,1-2H3,(H,26,27). The number of carboxylic acids is 1. The van der Waals surface area contributed by atoms with Gasteiger partial charge in [-0.3, -0.25) is 9.59 Å². The van der Waals surface area contributed by atoms with Gasteiger partial charge in [-0.2, -0.15) is 0 Å². The van der Waals surface area contributed by atoms with Crippen LogP contribution in [0.25, 0.3) is 0 Å². The summed E-state index contributed by atoms with van der Waals surface area (Å²) in [4.78, 5) is 28.6. The Morgan fingerprint density at radius 3 is 2.69 bits per heavy atom. The lowest BCUT2D eigenvalue weighted by Gasteiger charge is -2.10. The van der Waals surface area contributed by atoms with Gasteiger partial charge in [0.15, 0.2) is 0 Å². The van der Waals surface area contributed by atoms with Crippen LogP contribution in [0.5, 0.6) is 0 Å². The molecule has 2 rings (SSSR count). The predicted octanol–water partition coefficient (Wildman–Crippen LogP) is 4.35. The fraction of sp³-hybridized carbons (Fsp3) is 0.435. The Bertz CT molecular complexity index is 849. The number of rotatable bonds is 11. The van der Waals surface area contributed by atoms with Crippen LogP contribution in [0.2, 0.25) is 0 Å². The molecular weight excluding hydrogens is 386 g/mol. The van der Waals surface area contributed by atoms with Gasteiger partial charge in [-0.1, -0.05) is 44.2 Å². The minimum atomic E-state index is -0.993. The van der Waals surface area contributed by atoms with Gasteiger partial charge in [-0.05, 0) is 36.2 Å². The van der Waals surface area contributed by atoms with E-state index in [1.54, 1.807) is 6.20 Å². The molecule has 1 aromatic heterocycles. The number of nitrogens with zero attached hydrogens (tertiary/aromatic N) is 1. The van der Waals surface area contributed by atoms with Crippen molar-refractivity contribution >= 4 is 23.1 Å². The Balaban J connectivity index is 1.84. The molecule has 0 saturated heterocycles. The smallest absolute Gasteiger partial charge is 0.304 e. The van der Waals surface area contributed by atoms with Crippen LogP contribution in [0.15, 0.2) is 36.5 Å². The highest BCUT2D eigenvalue weighted by atomic mass is 32.1. The molecule has 0 radical (unpaired) electrons. The number of carbonyl (C=O) groups is 2. The second-order valence-electron chi connectivity index (χ2n) is 7.31. The van der Waals surface area contributed by atoms with E-state index in [1.807, 2.05) is 30.3 Å². The molecule has 0 aliphatic rings. The molecule has 0 spiro atoms. The summed E-state index contributed by atoms with van der Waals surface area (Å²) in [6, 6.07) is 9.82. The highest BCUT2D eigenvalue weighted by Gasteiger charge is 2.20. The number of aliphatic carboxylic acids is 1. The molecule has 0 amide bonds. The van der Waals surface area contributed by atoms with E-state index in [1.165, 1.54) is 11.3 Å². The van der Waals surface area contributed by atoms with Crippen molar-refractivity contribution in [1.82, 2.24) is 4.98 Å². The van der Waals surface area contributed by atoms with E-state index in [-0.39, 0.29) is 12.2 Å². The molecule has 2 aromatic rings. The number of carboxylic acid groups (broad SMARTS) is 1. The number of thiazole rings is 1. The van der Waals surface area contributed by atoms with E-state index in [9.17, 15) is 9.59 Å². The van der Waals surface area contributed by atoms with Crippen LogP contribution in [0.3, 0.4) is 0 Å². The van der Waals surface area contributed by atoms with Crippen LogP contribution in [-0.4, -0.2) is 28.4 Å². The molecule has 5 nitrogen and oxygen atoms in total. The average molecular weight is 414 g/mol. The molecule has 154 valence electrons. The van der Waals surface area contributed by atoms with Gasteiger partial charge in [-0.15, -0.1) is 11.3 Å². The van der Waals surface area contributed by atoms with Crippen LogP contribution < -0.4 is 0 Å². The summed E-state index contributed by atoms with van der Waals surface area (Å²) in [6.07, 6.45) is 3.39. The van der Waals surface area contributed by atoms with E-state index in [2.05, 4.69) is 30.7 Å². The number of ether oxygens (including phenoxy) is 1. The summed E-state index contributed by atoms with van der Waals surface area (Å²) < 4.78 is 5.62. The minimum absolute atomic E-state index is 0.215. The first kappa shape index (κ1) is 22.8. The topological polar surface area (TPSA) is 76.5 Å². The number of hydrogen-bond donors (Lipinski definition) is 1. The van der Waals surface area contributed by atoms with E-state index >= 15 is 0 Å². The lowest BCUT2D eigenvalue weighted by molar-refractivity contribution is -0.140. The number of carbonyl (C=O) groups excluding carboxylic acids is 1. The van der Waals surface area contributed by atoms with Crippen molar-refractivity contribution < 1.29 is 19.4 Å². The van der Waals surface area contributed by atoms with E-state index in [4.69, 9.17) is 9.84 Å². The van der Waals surface area contributed by atoms with Crippen molar-refractivity contribution in [2.24, 2.45) is 11.8 Å². The number of hydrogen-bond acceptors (Lipinski definition) is 5. The third-order valence-electron chi connectivity index (χ3n) is 4.19. The highest BCUT2D eigenvalue weighted by molar-refractivity contribution is 7.12. The van der Waals surface area contributed by atoms with Crippen LogP contribution in [0.4, 0.5) is 0 Å². The number of benzene rings is 1. The summed E-state index contributed by atoms with van der Waals surface area (Å²) in [5.41, 5.74) is 1.08. The highest BCUT2D eigenvalue weighted by Crippen LogP contribution is 2.17. The Hall–Kier alpha value is -2.49. The molecule has 1 aromatic carbocycles. The van der Waals surface area contributed by atoms with Crippen LogP contribution >= 0.6 is 11.3 Å². The zero-order valence-electron chi connectivity index (χ0n) is 16.9. The molecule has 29 heavy (non-hydrogen) atoms. The monoisotopic (exact) mass is 413 g/mol. The largest absolute Gasteiger partial charge is 0.481 e. The molecule has 1 atom stereocenters. The molecule has 6 heteroatoms. The lowest BCUT2D eigenvalue weighted by atomic mass is 9.95. The van der Waals surface area contributed by atoms with Gasteiger partial charge in [0.25, 0.3) is 0 Å². The quantitative estimate of drug-likeness (QED) is 0.438. The summed E-state index contributed by atoms with van der Waals surface area (Å²) in [5.74, 6) is 4.02. The molecule has 0 aliphatic heterocycles. The fourth-order valence-electron chi connectivity index (χ4n) is 2.77. The van der Waals surface area contributed by atoms with Crippen molar-refractivity contribution in [2.75, 3.05) is 6.61 Å². The summed E-state index contributed by atoms with van der Waals surface area (Å²) in [7, 11) is 0. The second kappa shape index (κ2) is 12.2. The molecule has 1 unspecified atom stereocenters. The fourth-order valence-corrected chi connectivity index (χ4v) is 3.75. The van der Waals surface area contributed by atoms with Gasteiger partial charge in [0, 0.05) is 18.9 Å². The van der Waals surface area contributed by atoms with Crippen molar-refractivity contribution in [3.63, 3.8) is 0 Å². The first-order valence-electron chi connectivity index (χ1n) is 9.78. The molecule has 1 heterocycles. The SMILES string of the molecule is CC(C)Cc1ncc(C#CC(=O)C(CCCOCc2ccccc2)CC(=O)O)s1. The average Bonchev–Trinajstić information content (AvgIpc) is 3.12. The molecule has 0 bridgehead atoms. The van der Waals surface area contributed by atoms with Crippen LogP contribution in [-0.2, 0) is 27.4 Å². The van der Waals surface area contributed by atoms with Crippen molar-refractivity contribution in [3.8, 4) is 11.8 Å². The maximum atomic E-state index is 12.4. The Morgan fingerprint density at radius 2 is 2.00 bits per heavy atom. The van der Waals surface area contributed by atoms with E-state index < -0.39 is 11.9 Å². The Morgan fingerprint density at radius 1 is 1.24 bits per heavy atom. The number of Topliss-reactive ketones (excluding diaryl/α,β-unsaturated/α-hetero) is 1. The van der Waals surface area contributed by atoms with Gasteiger partial charge >= 0.3 is 5.97 Å². The lowest BCUT2D eigenvalue weighted by Crippen LogP contribution is -2.17. The van der Waals surface area contributed by atoms with Gasteiger partial charge in [0.05, 0.1) is 29.1 Å². The van der Waals surface area contributed by atoms with Gasteiger partial charge in [0.1, 0.15) is 0 Å². The summed E-state index contributed by atoms with van der Waals surface area (Å²) in [5, 5.41) is 10.1. The molecule has 0 saturated carbocycles. The van der Waals surface area contributed by atoms with Gasteiger partial charge < -0.3 is 9.84 Å². The first-order valence-corrected chi connectivity index (χ1v) is 10.6. The third-order valence-corrected chi connectivity index (χ3v) is 5.13. The zero-order chi connectivity index (χ0) is 21.1. The maximum Gasteiger partial charge on any atom is 0.304 e. The number of aromatic nitrogens is 1. The Kier molecular flexibility index (Phi) is 9.55. The van der Waals surface area contributed by atoms with Crippen LogP contribution in [0, 0.1) is 23.7 Å².